The summed E-state index contributed by atoms with van der Waals surface area (Å²) >= 11 is 1.06. The van der Waals surface area contributed by atoms with Crippen molar-refractivity contribution in [1.82, 2.24) is 14.6 Å². The molecule has 15 heavy (non-hydrogen) atoms. The van der Waals surface area contributed by atoms with Crippen molar-refractivity contribution in [2.75, 3.05) is 6.61 Å². The molecule has 77 valence electrons. The highest BCUT2D eigenvalue weighted by Gasteiger charge is 2.14. The molecule has 2 aromatic rings. The molecular weight excluding hydrogens is 218 g/mol. The average Bonchev–Trinajstić information content (AvgIpc) is 2.64. The Morgan fingerprint density at radius 2 is 2.53 bits per heavy atom. The van der Waals surface area contributed by atoms with Gasteiger partial charge in [0.25, 0.3) is 5.56 Å². The summed E-state index contributed by atoms with van der Waals surface area (Å²) in [5.41, 5.74) is 2.13. The fraction of sp³-hybridized carbons (Fsp3) is 0.250. The lowest BCUT2D eigenvalue weighted by molar-refractivity contribution is 0.0516. The Balaban J connectivity index is 2.63. The topological polar surface area (TPSA) is 73.6 Å². The molecule has 6 nitrogen and oxygen atoms in total. The van der Waals surface area contributed by atoms with Crippen molar-refractivity contribution in [2.45, 2.75) is 6.92 Å². The highest BCUT2D eigenvalue weighted by Crippen LogP contribution is 2.06. The average molecular weight is 224 g/mol. The van der Waals surface area contributed by atoms with Crippen LogP contribution in [0.4, 0.5) is 0 Å². The molecule has 2 heterocycles. The zero-order valence-corrected chi connectivity index (χ0v) is 8.58. The number of ether oxygens (including phenoxy) is 1. The standard InChI is InChI=1S/C8H6N3O3S/c1-2-14-7(13)5-3-6(12)10-8-11(5)9-4-15-8/h3H,2H2,1H3. The molecule has 0 bridgehead atoms. The molecule has 0 aliphatic rings. The molecule has 0 saturated carbocycles. The Hall–Kier alpha value is -1.76. The molecule has 0 unspecified atom stereocenters. The van der Waals surface area contributed by atoms with E-state index in [1.807, 2.05) is 0 Å². The number of carbonyl (C=O) groups excluding carboxylic acids is 1. The SMILES string of the molecule is CCOC(=O)c1cc(=O)nc2s[c]nn12. The van der Waals surface area contributed by atoms with Crippen molar-refractivity contribution in [3.63, 3.8) is 0 Å². The Morgan fingerprint density at radius 3 is 3.27 bits per heavy atom. The van der Waals surface area contributed by atoms with Gasteiger partial charge in [-0.15, -0.1) is 0 Å². The van der Waals surface area contributed by atoms with Gasteiger partial charge in [-0.05, 0) is 6.92 Å². The monoisotopic (exact) mass is 224 g/mol. The third-order valence-electron chi connectivity index (χ3n) is 1.64. The lowest BCUT2D eigenvalue weighted by Crippen LogP contribution is -2.17. The first-order chi connectivity index (χ1) is 7.22. The Labute approximate surface area is 88.1 Å². The molecule has 0 spiro atoms. The van der Waals surface area contributed by atoms with Gasteiger partial charge in [0.2, 0.25) is 4.96 Å². The molecule has 0 amide bonds. The summed E-state index contributed by atoms with van der Waals surface area (Å²) in [5.74, 6) is -0.591. The van der Waals surface area contributed by atoms with Crippen LogP contribution in [0, 0.1) is 5.51 Å². The third kappa shape index (κ3) is 1.73. The quantitative estimate of drug-likeness (QED) is 0.678. The second-order valence-corrected chi connectivity index (χ2v) is 3.34. The molecule has 0 N–H and O–H groups in total. The maximum atomic E-state index is 11.4. The fourth-order valence-corrected chi connectivity index (χ4v) is 1.64. The molecule has 0 fully saturated rings. The van der Waals surface area contributed by atoms with E-state index in [4.69, 9.17) is 4.74 Å². The van der Waals surface area contributed by atoms with E-state index in [1.165, 1.54) is 4.52 Å². The highest BCUT2D eigenvalue weighted by molar-refractivity contribution is 7.14. The Bertz CT molecular complexity index is 560. The van der Waals surface area contributed by atoms with E-state index in [0.29, 0.717) is 4.96 Å². The van der Waals surface area contributed by atoms with E-state index >= 15 is 0 Å². The second kappa shape index (κ2) is 3.77. The minimum atomic E-state index is -0.591. The first-order valence-corrected chi connectivity index (χ1v) is 4.98. The predicted molar refractivity (Wildman–Crippen MR) is 51.9 cm³/mol. The van der Waals surface area contributed by atoms with Crippen molar-refractivity contribution in [1.29, 1.82) is 0 Å². The van der Waals surface area contributed by atoms with Crippen molar-refractivity contribution in [3.8, 4) is 0 Å². The molecule has 7 heteroatoms. The Morgan fingerprint density at radius 1 is 1.73 bits per heavy atom. The number of carbonyl (C=O) groups is 1. The van der Waals surface area contributed by atoms with E-state index in [9.17, 15) is 9.59 Å². The van der Waals surface area contributed by atoms with Crippen LogP contribution in [0.25, 0.3) is 4.96 Å². The molecule has 0 saturated heterocycles. The number of rotatable bonds is 2. The van der Waals surface area contributed by atoms with Crippen LogP contribution in [0.3, 0.4) is 0 Å². The van der Waals surface area contributed by atoms with Crippen molar-refractivity contribution >= 4 is 22.3 Å². The zero-order chi connectivity index (χ0) is 10.8. The summed E-state index contributed by atoms with van der Waals surface area (Å²) in [4.78, 5) is 26.6. The van der Waals surface area contributed by atoms with Gasteiger partial charge in [-0.1, -0.05) is 11.3 Å². The van der Waals surface area contributed by atoms with Crippen LogP contribution in [0.15, 0.2) is 10.9 Å². The molecule has 0 aromatic carbocycles. The van der Waals surface area contributed by atoms with E-state index in [0.717, 1.165) is 17.4 Å². The maximum Gasteiger partial charge on any atom is 0.357 e. The summed E-state index contributed by atoms with van der Waals surface area (Å²) in [5, 5.41) is 3.77. The molecule has 0 atom stereocenters. The zero-order valence-electron chi connectivity index (χ0n) is 7.76. The van der Waals surface area contributed by atoms with E-state index < -0.39 is 11.5 Å². The van der Waals surface area contributed by atoms with Gasteiger partial charge in [-0.3, -0.25) is 4.79 Å². The van der Waals surface area contributed by atoms with Gasteiger partial charge in [0.15, 0.2) is 11.2 Å². The van der Waals surface area contributed by atoms with Gasteiger partial charge >= 0.3 is 5.97 Å². The van der Waals surface area contributed by atoms with Crippen LogP contribution in [0.5, 0.6) is 0 Å². The molecular formula is C8H6N3O3S. The lowest BCUT2D eigenvalue weighted by atomic mass is 10.4. The van der Waals surface area contributed by atoms with Crippen LogP contribution >= 0.6 is 11.3 Å². The summed E-state index contributed by atoms with van der Waals surface area (Å²) in [6, 6.07) is 1.10. The maximum absolute atomic E-state index is 11.4. The van der Waals surface area contributed by atoms with Gasteiger partial charge in [0.05, 0.1) is 6.61 Å². The predicted octanol–water partition coefficient (Wildman–Crippen LogP) is 0.128. The molecule has 2 aromatic heterocycles. The largest absolute Gasteiger partial charge is 0.461 e. The summed E-state index contributed by atoms with van der Waals surface area (Å²) < 4.78 is 6.02. The molecule has 2 rings (SSSR count). The van der Waals surface area contributed by atoms with Gasteiger partial charge < -0.3 is 4.74 Å². The first kappa shape index (κ1) is 9.78. The van der Waals surface area contributed by atoms with Crippen LogP contribution < -0.4 is 5.56 Å². The van der Waals surface area contributed by atoms with Crippen LogP contribution in [0.2, 0.25) is 0 Å². The van der Waals surface area contributed by atoms with Gasteiger partial charge in [0.1, 0.15) is 0 Å². The summed E-state index contributed by atoms with van der Waals surface area (Å²) in [6.07, 6.45) is 0. The number of fused-ring (bicyclic) bond motifs is 1. The smallest absolute Gasteiger partial charge is 0.357 e. The number of hydrogen-bond donors (Lipinski definition) is 0. The summed E-state index contributed by atoms with van der Waals surface area (Å²) in [6.45, 7) is 1.93. The fourth-order valence-electron chi connectivity index (χ4n) is 1.07. The van der Waals surface area contributed by atoms with E-state index in [-0.39, 0.29) is 12.3 Å². The van der Waals surface area contributed by atoms with Gasteiger partial charge in [-0.25, -0.2) is 4.79 Å². The van der Waals surface area contributed by atoms with E-state index in [2.05, 4.69) is 15.6 Å². The Kier molecular flexibility index (Phi) is 2.46. The highest BCUT2D eigenvalue weighted by atomic mass is 32.1. The van der Waals surface area contributed by atoms with Gasteiger partial charge in [-0.2, -0.15) is 14.6 Å². The third-order valence-corrected chi connectivity index (χ3v) is 2.26. The second-order valence-electron chi connectivity index (χ2n) is 2.59. The normalized spacial score (nSPS) is 10.5. The number of hydrogen-bond acceptors (Lipinski definition) is 6. The van der Waals surface area contributed by atoms with Gasteiger partial charge in [0, 0.05) is 6.07 Å². The number of esters is 1. The minimum absolute atomic E-state index is 0.0735. The van der Waals surface area contributed by atoms with Crippen LogP contribution in [-0.2, 0) is 4.74 Å². The van der Waals surface area contributed by atoms with E-state index in [1.54, 1.807) is 6.92 Å². The number of nitrogens with zero attached hydrogens (tertiary/aromatic N) is 3. The van der Waals surface area contributed by atoms with Crippen LogP contribution in [0.1, 0.15) is 17.4 Å². The molecule has 0 aliphatic carbocycles. The molecule has 0 aliphatic heterocycles. The van der Waals surface area contributed by atoms with Crippen molar-refractivity contribution in [2.24, 2.45) is 0 Å². The minimum Gasteiger partial charge on any atom is -0.461 e. The molecule has 1 radical (unpaired) electrons. The summed E-state index contributed by atoms with van der Waals surface area (Å²) in [7, 11) is 0. The lowest BCUT2D eigenvalue weighted by Gasteiger charge is -2.01. The van der Waals surface area contributed by atoms with Crippen molar-refractivity contribution in [3.05, 3.63) is 27.6 Å². The first-order valence-electron chi connectivity index (χ1n) is 4.16. The van der Waals surface area contributed by atoms with Crippen molar-refractivity contribution < 1.29 is 9.53 Å². The van der Waals surface area contributed by atoms with Crippen LogP contribution in [-0.4, -0.2) is 27.2 Å². The number of aromatic nitrogens is 3.